The molecule has 0 unspecified atom stereocenters. The van der Waals surface area contributed by atoms with E-state index in [0.29, 0.717) is 43.5 Å². The molecule has 7 heteroatoms. The maximum absolute atomic E-state index is 11.5. The molecule has 6 rings (SSSR count). The van der Waals surface area contributed by atoms with Crippen molar-refractivity contribution in [2.75, 3.05) is 13.2 Å². The van der Waals surface area contributed by atoms with E-state index in [1.807, 2.05) is 18.3 Å². The fourth-order valence-corrected chi connectivity index (χ4v) is 8.73. The van der Waals surface area contributed by atoms with Gasteiger partial charge in [0.05, 0.1) is 24.6 Å². The smallest absolute Gasteiger partial charge is 0.161 e. The number of allylic oxidation sites excluding steroid dienone is 4. The Balaban J connectivity index is 1.21. The summed E-state index contributed by atoms with van der Waals surface area (Å²) in [5.74, 6) is 8.13. The number of aliphatic hydroxyl groups is 2. The van der Waals surface area contributed by atoms with Gasteiger partial charge in [-0.05, 0) is 92.3 Å². The van der Waals surface area contributed by atoms with Gasteiger partial charge in [0, 0.05) is 47.5 Å². The van der Waals surface area contributed by atoms with Crippen LogP contribution in [0.5, 0.6) is 11.5 Å². The molecule has 252 valence electrons. The van der Waals surface area contributed by atoms with Crippen molar-refractivity contribution in [3.63, 3.8) is 0 Å². The van der Waals surface area contributed by atoms with Crippen molar-refractivity contribution in [2.45, 2.75) is 101 Å². The van der Waals surface area contributed by atoms with Gasteiger partial charge in [-0.3, -0.25) is 0 Å². The van der Waals surface area contributed by atoms with E-state index in [4.69, 9.17) is 10.5 Å². The predicted octanol–water partition coefficient (Wildman–Crippen LogP) is 6.55. The quantitative estimate of drug-likeness (QED) is 0.137. The van der Waals surface area contributed by atoms with Crippen molar-refractivity contribution in [1.29, 1.82) is 0 Å². The van der Waals surface area contributed by atoms with Gasteiger partial charge >= 0.3 is 0 Å². The van der Waals surface area contributed by atoms with Crippen LogP contribution in [0.3, 0.4) is 0 Å². The van der Waals surface area contributed by atoms with Crippen LogP contribution in [-0.2, 0) is 5.41 Å². The number of H-pyrrole nitrogens is 1. The lowest BCUT2D eigenvalue weighted by molar-refractivity contribution is -0.00705. The van der Waals surface area contributed by atoms with E-state index in [1.54, 1.807) is 6.07 Å². The van der Waals surface area contributed by atoms with E-state index in [-0.39, 0.29) is 34.8 Å². The topological polar surface area (TPSA) is 124 Å². The zero-order chi connectivity index (χ0) is 32.8. The van der Waals surface area contributed by atoms with Crippen molar-refractivity contribution in [3.8, 4) is 23.3 Å². The minimum absolute atomic E-state index is 0.0187. The van der Waals surface area contributed by atoms with Crippen molar-refractivity contribution in [3.05, 3.63) is 83.5 Å². The van der Waals surface area contributed by atoms with Gasteiger partial charge in [-0.15, -0.1) is 0 Å². The van der Waals surface area contributed by atoms with Crippen LogP contribution < -0.4 is 15.8 Å². The number of phenols is 1. The summed E-state index contributed by atoms with van der Waals surface area (Å²) in [5, 5.41) is 36.7. The molecule has 4 aliphatic rings. The van der Waals surface area contributed by atoms with E-state index >= 15 is 0 Å². The minimum atomic E-state index is -0.697. The molecule has 1 saturated carbocycles. The van der Waals surface area contributed by atoms with Gasteiger partial charge in [0.2, 0.25) is 0 Å². The van der Waals surface area contributed by atoms with E-state index in [0.717, 1.165) is 50.5 Å². The lowest BCUT2D eigenvalue weighted by atomic mass is 9.66. The van der Waals surface area contributed by atoms with Crippen LogP contribution in [0.15, 0.2) is 72.2 Å². The van der Waals surface area contributed by atoms with E-state index < -0.39 is 12.2 Å². The average Bonchev–Trinajstić information content (AvgIpc) is 3.76. The van der Waals surface area contributed by atoms with E-state index in [9.17, 15) is 15.3 Å². The second-order valence-corrected chi connectivity index (χ2v) is 14.2. The number of rotatable bonds is 9. The summed E-state index contributed by atoms with van der Waals surface area (Å²) in [4.78, 5) is 3.53. The first-order valence-corrected chi connectivity index (χ1v) is 17.9. The van der Waals surface area contributed by atoms with Crippen molar-refractivity contribution >= 4 is 0 Å². The summed E-state index contributed by atoms with van der Waals surface area (Å²) in [6, 6.07) is 9.83. The number of aromatic hydroxyl groups is 1. The number of phenolic OH excluding ortho intramolecular Hbond substituents is 1. The number of hydrogen-bond acceptors (Lipinski definition) is 6. The van der Waals surface area contributed by atoms with Gasteiger partial charge in [0.15, 0.2) is 11.5 Å². The Bertz CT molecular complexity index is 1490. The first kappa shape index (κ1) is 33.3. The molecular formula is C40H53N3O4. The third-order valence-corrected chi connectivity index (χ3v) is 11.3. The highest BCUT2D eigenvalue weighted by molar-refractivity contribution is 5.44. The molecule has 1 fully saturated rings. The van der Waals surface area contributed by atoms with Gasteiger partial charge in [-0.1, -0.05) is 68.7 Å². The van der Waals surface area contributed by atoms with Crippen LogP contribution >= 0.6 is 0 Å². The summed E-state index contributed by atoms with van der Waals surface area (Å²) in [6.45, 7) is 3.33. The number of aromatic amines is 1. The Morgan fingerprint density at radius 2 is 1.87 bits per heavy atom. The molecular weight excluding hydrogens is 586 g/mol. The van der Waals surface area contributed by atoms with Crippen LogP contribution in [0, 0.1) is 35.5 Å². The summed E-state index contributed by atoms with van der Waals surface area (Å²) < 4.78 is 6.39. The van der Waals surface area contributed by atoms with Crippen LogP contribution in [0.25, 0.3) is 0 Å². The molecule has 0 saturated heterocycles. The average molecular weight is 640 g/mol. The number of ether oxygens (including phenoxy) is 1. The van der Waals surface area contributed by atoms with Crippen LogP contribution in [0.4, 0.5) is 0 Å². The second-order valence-electron chi connectivity index (χ2n) is 14.2. The highest BCUT2D eigenvalue weighted by Crippen LogP contribution is 2.50. The largest absolute Gasteiger partial charge is 0.504 e. The lowest BCUT2D eigenvalue weighted by Gasteiger charge is -2.39. The third-order valence-electron chi connectivity index (χ3n) is 11.3. The first-order chi connectivity index (χ1) is 22.9. The Hall–Kier alpha value is -3.60. The molecule has 3 aliphatic carbocycles. The second kappa shape index (κ2) is 15.1. The molecule has 0 radical (unpaired) electrons. The summed E-state index contributed by atoms with van der Waals surface area (Å²) in [5.41, 5.74) is 9.72. The minimum Gasteiger partial charge on any atom is -0.504 e. The maximum atomic E-state index is 11.5. The molecule has 2 heterocycles. The van der Waals surface area contributed by atoms with E-state index in [2.05, 4.69) is 65.5 Å². The number of aromatic nitrogens is 1. The summed E-state index contributed by atoms with van der Waals surface area (Å²) >= 11 is 0. The molecule has 1 aliphatic heterocycles. The Kier molecular flexibility index (Phi) is 10.7. The Morgan fingerprint density at radius 1 is 1.04 bits per heavy atom. The molecule has 1 aromatic carbocycles. The summed E-state index contributed by atoms with van der Waals surface area (Å²) in [7, 11) is 0. The number of hydrogen-bond donors (Lipinski definition) is 6. The zero-order valence-electron chi connectivity index (χ0n) is 27.8. The van der Waals surface area contributed by atoms with Gasteiger partial charge in [-0.25, -0.2) is 0 Å². The maximum Gasteiger partial charge on any atom is 0.161 e. The molecule has 7 atom stereocenters. The van der Waals surface area contributed by atoms with Crippen LogP contribution in [0.1, 0.15) is 94.7 Å². The van der Waals surface area contributed by atoms with Gasteiger partial charge in [-0.2, -0.15) is 0 Å². The lowest BCUT2D eigenvalue weighted by Crippen LogP contribution is -2.37. The van der Waals surface area contributed by atoms with E-state index in [1.165, 1.54) is 24.1 Å². The van der Waals surface area contributed by atoms with Gasteiger partial charge < -0.3 is 36.1 Å². The van der Waals surface area contributed by atoms with Crippen molar-refractivity contribution < 1.29 is 20.1 Å². The fraction of sp³-hybridized carbons (Fsp3) is 0.550. The molecule has 0 amide bonds. The number of nitrogens with two attached hydrogens (primary N) is 1. The van der Waals surface area contributed by atoms with Gasteiger partial charge in [0.25, 0.3) is 0 Å². The number of fused-ring (bicyclic) bond motifs is 1. The molecule has 1 aromatic heterocycles. The molecule has 47 heavy (non-hydrogen) atoms. The third kappa shape index (κ3) is 7.45. The zero-order valence-corrected chi connectivity index (χ0v) is 27.8. The number of dihydropyridines is 1. The van der Waals surface area contributed by atoms with Crippen LogP contribution in [0.2, 0.25) is 0 Å². The molecule has 2 aromatic rings. The highest BCUT2D eigenvalue weighted by atomic mass is 16.5. The number of nitrogens with one attached hydrogen (secondary N) is 2. The Morgan fingerprint density at radius 3 is 2.64 bits per heavy atom. The molecule has 0 spiro atoms. The fourth-order valence-electron chi connectivity index (χ4n) is 8.73. The molecule has 7 N–H and O–H groups in total. The summed E-state index contributed by atoms with van der Waals surface area (Å²) in [6.07, 6.45) is 19.9. The molecule has 7 nitrogen and oxygen atoms in total. The normalized spacial score (nSPS) is 29.6. The van der Waals surface area contributed by atoms with Gasteiger partial charge in [0.1, 0.15) is 0 Å². The predicted molar refractivity (Wildman–Crippen MR) is 187 cm³/mol. The van der Waals surface area contributed by atoms with Crippen molar-refractivity contribution in [1.82, 2.24) is 10.3 Å². The van der Waals surface area contributed by atoms with Crippen molar-refractivity contribution in [2.24, 2.45) is 29.4 Å². The molecule has 0 bridgehead atoms. The Labute approximate surface area is 280 Å². The monoisotopic (exact) mass is 639 g/mol. The SMILES string of the molecule is CC[C@@H]1C#C[C@@H]2C=C[C@@H](c3ccc(O)c(OCC[C@H](C4=CCNC(N)=C4)C4(c5ccc[nH]5)CCCC4)c3)C[C@@H](O)[C@H]2[C@@H](O)CCCC1. The standard InChI is InChI=1S/C40H53N3O4/c1-2-27-8-3-4-9-34(45)39-28(12-11-27)13-14-29(24-35(39)46)30-15-16-33(44)36(25-30)47-23-18-32(31-17-22-43-38(41)26-31)40(19-5-6-20-40)37-10-7-21-42-37/h7,10,13-17,21,25-29,32,34-35,39,42-46H,2-6,8-9,18-20,22-24,41H2,1H3/t27-,28+,29+,32+,34-,35+,39+/m0/s1. The first-order valence-electron chi connectivity index (χ1n) is 17.9. The number of benzene rings is 1. The van der Waals surface area contributed by atoms with Crippen LogP contribution in [-0.4, -0.2) is 45.7 Å². The highest BCUT2D eigenvalue weighted by Gasteiger charge is 2.45. The number of aliphatic hydroxyl groups excluding tert-OH is 2.